The predicted molar refractivity (Wildman–Crippen MR) is 87.9 cm³/mol. The molecule has 2 amide bonds. The molecule has 0 unspecified atom stereocenters. The second-order valence-corrected chi connectivity index (χ2v) is 5.81. The van der Waals surface area contributed by atoms with E-state index >= 15 is 0 Å². The third-order valence-electron chi connectivity index (χ3n) is 4.30. The maximum Gasteiger partial charge on any atom is 0.319 e. The van der Waals surface area contributed by atoms with E-state index < -0.39 is 0 Å². The summed E-state index contributed by atoms with van der Waals surface area (Å²) in [6.45, 7) is 2.42. The number of nitrogens with one attached hydrogen (secondary N) is 2. The second kappa shape index (κ2) is 6.60. The van der Waals surface area contributed by atoms with Crippen LogP contribution in [0, 0.1) is 6.92 Å². The summed E-state index contributed by atoms with van der Waals surface area (Å²) >= 11 is 0. The van der Waals surface area contributed by atoms with Gasteiger partial charge in [0.15, 0.2) is 0 Å². The van der Waals surface area contributed by atoms with Gasteiger partial charge in [0.1, 0.15) is 0 Å². The summed E-state index contributed by atoms with van der Waals surface area (Å²) in [6, 6.07) is 11.8. The molecule has 1 aromatic carbocycles. The molecule has 1 fully saturated rings. The Morgan fingerprint density at radius 3 is 2.64 bits per heavy atom. The standard InChI is InChI=1S/C18H21N3O/c1-13-16(6-3-11-19-13)12-20-18(22)21-17-9-7-15(8-10-17)14-4-2-5-14/h3,6-11,14H,2,4-5,12H2,1H3,(H2,20,21,22). The van der Waals surface area contributed by atoms with E-state index in [0.29, 0.717) is 6.54 Å². The zero-order valence-corrected chi connectivity index (χ0v) is 12.8. The van der Waals surface area contributed by atoms with Gasteiger partial charge in [0.2, 0.25) is 0 Å². The number of rotatable bonds is 4. The van der Waals surface area contributed by atoms with Crippen LogP contribution in [-0.2, 0) is 6.54 Å². The lowest BCUT2D eigenvalue weighted by atomic mass is 9.80. The number of carbonyl (C=O) groups excluding carboxylic acids is 1. The summed E-state index contributed by atoms with van der Waals surface area (Å²) < 4.78 is 0. The van der Waals surface area contributed by atoms with Gasteiger partial charge in [-0.1, -0.05) is 24.6 Å². The molecule has 4 nitrogen and oxygen atoms in total. The van der Waals surface area contributed by atoms with Crippen LogP contribution in [0.3, 0.4) is 0 Å². The highest BCUT2D eigenvalue weighted by Gasteiger charge is 2.18. The zero-order chi connectivity index (χ0) is 15.4. The van der Waals surface area contributed by atoms with Crippen molar-refractivity contribution in [2.45, 2.75) is 38.6 Å². The number of urea groups is 1. The summed E-state index contributed by atoms with van der Waals surface area (Å²) in [5.74, 6) is 0.719. The second-order valence-electron chi connectivity index (χ2n) is 5.81. The van der Waals surface area contributed by atoms with Crippen LogP contribution in [-0.4, -0.2) is 11.0 Å². The fourth-order valence-corrected chi connectivity index (χ4v) is 2.64. The third kappa shape index (κ3) is 3.45. The average molecular weight is 295 g/mol. The van der Waals surface area contributed by atoms with Crippen LogP contribution in [0.4, 0.5) is 10.5 Å². The van der Waals surface area contributed by atoms with Crippen molar-refractivity contribution >= 4 is 11.7 Å². The van der Waals surface area contributed by atoms with Crippen LogP contribution in [0.2, 0.25) is 0 Å². The molecule has 0 atom stereocenters. The lowest BCUT2D eigenvalue weighted by Crippen LogP contribution is -2.28. The van der Waals surface area contributed by atoms with Crippen molar-refractivity contribution in [3.63, 3.8) is 0 Å². The average Bonchev–Trinajstić information content (AvgIpc) is 2.47. The van der Waals surface area contributed by atoms with Gasteiger partial charge in [-0.3, -0.25) is 4.98 Å². The Kier molecular flexibility index (Phi) is 4.37. The first-order chi connectivity index (χ1) is 10.7. The van der Waals surface area contributed by atoms with Crippen molar-refractivity contribution in [3.05, 3.63) is 59.4 Å². The van der Waals surface area contributed by atoms with Gasteiger partial charge < -0.3 is 10.6 Å². The maximum atomic E-state index is 11.9. The molecule has 3 rings (SSSR count). The highest BCUT2D eigenvalue weighted by Crippen LogP contribution is 2.36. The molecule has 0 spiro atoms. The zero-order valence-electron chi connectivity index (χ0n) is 12.8. The van der Waals surface area contributed by atoms with Gasteiger partial charge in [-0.05, 0) is 55.0 Å². The Hall–Kier alpha value is -2.36. The van der Waals surface area contributed by atoms with Gasteiger partial charge in [0.05, 0.1) is 0 Å². The molecule has 0 radical (unpaired) electrons. The Balaban J connectivity index is 1.52. The van der Waals surface area contributed by atoms with Gasteiger partial charge in [0, 0.05) is 24.1 Å². The monoisotopic (exact) mass is 295 g/mol. The van der Waals surface area contributed by atoms with Gasteiger partial charge >= 0.3 is 6.03 Å². The molecule has 0 saturated heterocycles. The van der Waals surface area contributed by atoms with Crippen LogP contribution in [0.25, 0.3) is 0 Å². The number of pyridine rings is 1. The predicted octanol–water partition coefficient (Wildman–Crippen LogP) is 3.98. The number of anilines is 1. The number of hydrogen-bond donors (Lipinski definition) is 2. The number of aryl methyl sites for hydroxylation is 1. The van der Waals surface area contributed by atoms with Gasteiger partial charge in [-0.2, -0.15) is 0 Å². The topological polar surface area (TPSA) is 54.0 Å². The fourth-order valence-electron chi connectivity index (χ4n) is 2.64. The van der Waals surface area contributed by atoms with E-state index in [1.54, 1.807) is 6.20 Å². The summed E-state index contributed by atoms with van der Waals surface area (Å²) in [6.07, 6.45) is 5.67. The maximum absolute atomic E-state index is 11.9. The van der Waals surface area contributed by atoms with E-state index in [0.717, 1.165) is 22.9 Å². The molecule has 0 bridgehead atoms. The largest absolute Gasteiger partial charge is 0.334 e. The van der Waals surface area contributed by atoms with E-state index in [2.05, 4.69) is 27.8 Å². The quantitative estimate of drug-likeness (QED) is 0.896. The summed E-state index contributed by atoms with van der Waals surface area (Å²) in [5.41, 5.74) is 4.16. The van der Waals surface area contributed by atoms with E-state index in [1.807, 2.05) is 31.2 Å². The van der Waals surface area contributed by atoms with E-state index in [9.17, 15) is 4.79 Å². The number of nitrogens with zero attached hydrogens (tertiary/aromatic N) is 1. The molecule has 1 aliphatic carbocycles. The number of amides is 2. The van der Waals surface area contributed by atoms with Crippen LogP contribution in [0.1, 0.15) is 42.0 Å². The molecule has 114 valence electrons. The highest BCUT2D eigenvalue weighted by atomic mass is 16.2. The Bertz CT molecular complexity index is 648. The number of benzene rings is 1. The first-order valence-corrected chi connectivity index (χ1v) is 7.77. The van der Waals surface area contributed by atoms with Gasteiger partial charge in [0.25, 0.3) is 0 Å². The van der Waals surface area contributed by atoms with Crippen molar-refractivity contribution in [3.8, 4) is 0 Å². The van der Waals surface area contributed by atoms with Crippen molar-refractivity contribution < 1.29 is 4.79 Å². The Morgan fingerprint density at radius 1 is 1.23 bits per heavy atom. The molecule has 1 aromatic heterocycles. The first-order valence-electron chi connectivity index (χ1n) is 7.77. The Labute approximate surface area is 131 Å². The van der Waals surface area contributed by atoms with Crippen molar-refractivity contribution in [2.75, 3.05) is 5.32 Å². The molecule has 22 heavy (non-hydrogen) atoms. The smallest absolute Gasteiger partial charge is 0.319 e. The minimum Gasteiger partial charge on any atom is -0.334 e. The SMILES string of the molecule is Cc1ncccc1CNC(=O)Nc1ccc(C2CCC2)cc1. The fraction of sp³-hybridized carbons (Fsp3) is 0.333. The molecule has 2 N–H and O–H groups in total. The molecule has 1 saturated carbocycles. The van der Waals surface area contributed by atoms with Crippen molar-refractivity contribution in [1.82, 2.24) is 10.3 Å². The number of carbonyl (C=O) groups is 1. The Morgan fingerprint density at radius 2 is 2.00 bits per heavy atom. The number of aromatic nitrogens is 1. The molecule has 0 aliphatic heterocycles. The van der Waals surface area contributed by atoms with Crippen LogP contribution < -0.4 is 10.6 Å². The minimum absolute atomic E-state index is 0.195. The lowest BCUT2D eigenvalue weighted by molar-refractivity contribution is 0.251. The summed E-state index contributed by atoms with van der Waals surface area (Å²) in [5, 5.41) is 5.72. The van der Waals surface area contributed by atoms with Gasteiger partial charge in [-0.15, -0.1) is 0 Å². The summed E-state index contributed by atoms with van der Waals surface area (Å²) in [7, 11) is 0. The summed E-state index contributed by atoms with van der Waals surface area (Å²) in [4.78, 5) is 16.1. The molecule has 2 aromatic rings. The first kappa shape index (κ1) is 14.6. The van der Waals surface area contributed by atoms with E-state index in [-0.39, 0.29) is 6.03 Å². The van der Waals surface area contributed by atoms with Crippen LogP contribution in [0.5, 0.6) is 0 Å². The van der Waals surface area contributed by atoms with Gasteiger partial charge in [-0.25, -0.2) is 4.79 Å². The molecular formula is C18H21N3O. The van der Waals surface area contributed by atoms with Crippen molar-refractivity contribution in [2.24, 2.45) is 0 Å². The number of hydrogen-bond acceptors (Lipinski definition) is 2. The van der Waals surface area contributed by atoms with Crippen LogP contribution >= 0.6 is 0 Å². The minimum atomic E-state index is -0.195. The van der Waals surface area contributed by atoms with Crippen molar-refractivity contribution in [1.29, 1.82) is 0 Å². The highest BCUT2D eigenvalue weighted by molar-refractivity contribution is 5.89. The molecule has 1 aliphatic rings. The molecule has 1 heterocycles. The molecule has 4 heteroatoms. The third-order valence-corrected chi connectivity index (χ3v) is 4.30. The van der Waals surface area contributed by atoms with Crippen LogP contribution in [0.15, 0.2) is 42.6 Å². The molecular weight excluding hydrogens is 274 g/mol. The lowest BCUT2D eigenvalue weighted by Gasteiger charge is -2.25. The van der Waals surface area contributed by atoms with E-state index in [4.69, 9.17) is 0 Å². The normalized spacial score (nSPS) is 14.2. The van der Waals surface area contributed by atoms with E-state index in [1.165, 1.54) is 24.8 Å².